The highest BCUT2D eigenvalue weighted by Crippen LogP contribution is 2.10. The van der Waals surface area contributed by atoms with Crippen molar-refractivity contribution in [3.63, 3.8) is 0 Å². The Balaban J connectivity index is 2.13. The zero-order valence-electron chi connectivity index (χ0n) is 12.3. The number of hydrogen-bond donors (Lipinski definition) is 2. The molecule has 0 bridgehead atoms. The molecule has 1 aromatic rings. The normalized spacial score (nSPS) is 10.3. The Kier molecular flexibility index (Phi) is 7.61. The number of amides is 2. The molecule has 0 saturated carbocycles. The van der Waals surface area contributed by atoms with Gasteiger partial charge >= 0.3 is 12.0 Å². The third kappa shape index (κ3) is 8.19. The molecular formula is C15H21ClN2O3. The molecule has 0 unspecified atom stereocenters. The van der Waals surface area contributed by atoms with Crippen LogP contribution in [0.4, 0.5) is 4.79 Å². The lowest BCUT2D eigenvalue weighted by Crippen LogP contribution is -2.37. The fourth-order valence-corrected chi connectivity index (χ4v) is 1.89. The molecule has 1 rings (SSSR count). The van der Waals surface area contributed by atoms with Crippen molar-refractivity contribution in [3.05, 3.63) is 34.9 Å². The highest BCUT2D eigenvalue weighted by molar-refractivity contribution is 6.30. The second-order valence-electron chi connectivity index (χ2n) is 4.85. The van der Waals surface area contributed by atoms with Gasteiger partial charge in [0, 0.05) is 18.1 Å². The molecule has 2 N–H and O–H groups in total. The number of hydrogen-bond acceptors (Lipinski definition) is 3. The summed E-state index contributed by atoms with van der Waals surface area (Å²) in [6, 6.07) is 7.20. The SMILES string of the molecule is CC(C)OC(=O)CCNC(=O)NCCc1cccc(Cl)c1. The third-order valence-corrected chi connectivity index (χ3v) is 2.81. The van der Waals surface area contributed by atoms with Crippen molar-refractivity contribution in [3.8, 4) is 0 Å². The summed E-state index contributed by atoms with van der Waals surface area (Å²) in [7, 11) is 0. The van der Waals surface area contributed by atoms with Crippen LogP contribution < -0.4 is 10.6 Å². The molecule has 0 radical (unpaired) electrons. The lowest BCUT2D eigenvalue weighted by molar-refractivity contribution is -0.147. The zero-order valence-corrected chi connectivity index (χ0v) is 13.1. The van der Waals surface area contributed by atoms with Crippen molar-refractivity contribution >= 4 is 23.6 Å². The van der Waals surface area contributed by atoms with E-state index in [1.54, 1.807) is 19.9 Å². The molecule has 21 heavy (non-hydrogen) atoms. The number of carbonyl (C=O) groups excluding carboxylic acids is 2. The highest BCUT2D eigenvalue weighted by Gasteiger charge is 2.06. The average molecular weight is 313 g/mol. The van der Waals surface area contributed by atoms with Crippen molar-refractivity contribution in [2.24, 2.45) is 0 Å². The first-order valence-corrected chi connectivity index (χ1v) is 7.31. The Morgan fingerprint density at radius 1 is 1.24 bits per heavy atom. The Labute approximate surface area is 130 Å². The molecule has 0 fully saturated rings. The minimum Gasteiger partial charge on any atom is -0.463 e. The first-order chi connectivity index (χ1) is 9.97. The molecule has 0 saturated heterocycles. The van der Waals surface area contributed by atoms with E-state index in [4.69, 9.17) is 16.3 Å². The molecule has 0 atom stereocenters. The molecule has 0 aromatic heterocycles. The molecule has 0 aliphatic heterocycles. The molecule has 2 amide bonds. The van der Waals surface area contributed by atoms with Gasteiger partial charge in [0.05, 0.1) is 12.5 Å². The van der Waals surface area contributed by atoms with Crippen LogP contribution in [0.3, 0.4) is 0 Å². The average Bonchev–Trinajstić information content (AvgIpc) is 2.37. The maximum atomic E-state index is 11.5. The van der Waals surface area contributed by atoms with E-state index >= 15 is 0 Å². The van der Waals surface area contributed by atoms with Crippen LogP contribution in [0.2, 0.25) is 5.02 Å². The van der Waals surface area contributed by atoms with Crippen molar-refractivity contribution in [1.82, 2.24) is 10.6 Å². The molecule has 5 nitrogen and oxygen atoms in total. The lowest BCUT2D eigenvalue weighted by atomic mass is 10.1. The maximum absolute atomic E-state index is 11.5. The minimum atomic E-state index is -0.316. The van der Waals surface area contributed by atoms with Crippen molar-refractivity contribution in [1.29, 1.82) is 0 Å². The number of carbonyl (C=O) groups is 2. The number of nitrogens with one attached hydrogen (secondary N) is 2. The highest BCUT2D eigenvalue weighted by atomic mass is 35.5. The number of ether oxygens (including phenoxy) is 1. The predicted octanol–water partition coefficient (Wildman–Crippen LogP) is 2.52. The van der Waals surface area contributed by atoms with E-state index in [9.17, 15) is 9.59 Å². The molecule has 6 heteroatoms. The lowest BCUT2D eigenvalue weighted by Gasteiger charge is -2.09. The van der Waals surface area contributed by atoms with E-state index in [0.29, 0.717) is 18.0 Å². The van der Waals surface area contributed by atoms with Gasteiger partial charge < -0.3 is 15.4 Å². The van der Waals surface area contributed by atoms with E-state index in [-0.39, 0.29) is 31.1 Å². The largest absolute Gasteiger partial charge is 0.463 e. The fraction of sp³-hybridized carbons (Fsp3) is 0.467. The van der Waals surface area contributed by atoms with Gasteiger partial charge in [-0.3, -0.25) is 4.79 Å². The fourth-order valence-electron chi connectivity index (χ4n) is 1.68. The van der Waals surface area contributed by atoms with Crippen LogP contribution in [0.15, 0.2) is 24.3 Å². The van der Waals surface area contributed by atoms with Crippen LogP contribution in [0.1, 0.15) is 25.8 Å². The molecule has 116 valence electrons. The summed E-state index contributed by atoms with van der Waals surface area (Å²) in [4.78, 5) is 22.8. The van der Waals surface area contributed by atoms with E-state index < -0.39 is 0 Å². The molecule has 0 aliphatic rings. The van der Waals surface area contributed by atoms with Crippen molar-refractivity contribution in [2.75, 3.05) is 13.1 Å². The smallest absolute Gasteiger partial charge is 0.314 e. The molecule has 0 heterocycles. The standard InChI is InChI=1S/C15H21ClN2O3/c1-11(2)21-14(19)7-9-18-15(20)17-8-6-12-4-3-5-13(16)10-12/h3-5,10-11H,6-9H2,1-2H3,(H2,17,18,20). The monoisotopic (exact) mass is 312 g/mol. The zero-order chi connectivity index (χ0) is 15.7. The van der Waals surface area contributed by atoms with Gasteiger partial charge in [-0.15, -0.1) is 0 Å². The first-order valence-electron chi connectivity index (χ1n) is 6.93. The predicted molar refractivity (Wildman–Crippen MR) is 82.4 cm³/mol. The van der Waals surface area contributed by atoms with E-state index in [1.807, 2.05) is 18.2 Å². The minimum absolute atomic E-state index is 0.135. The third-order valence-electron chi connectivity index (χ3n) is 2.57. The number of halogens is 1. The summed E-state index contributed by atoms with van der Waals surface area (Å²) < 4.78 is 4.96. The first kappa shape index (κ1) is 17.3. The summed E-state index contributed by atoms with van der Waals surface area (Å²) in [5.41, 5.74) is 1.06. The number of benzene rings is 1. The van der Waals surface area contributed by atoms with E-state index in [2.05, 4.69) is 10.6 Å². The topological polar surface area (TPSA) is 67.4 Å². The maximum Gasteiger partial charge on any atom is 0.314 e. The molecular weight excluding hydrogens is 292 g/mol. The van der Waals surface area contributed by atoms with Crippen LogP contribution in [-0.2, 0) is 16.0 Å². The van der Waals surface area contributed by atoms with Crippen LogP contribution in [0.5, 0.6) is 0 Å². The van der Waals surface area contributed by atoms with E-state index in [0.717, 1.165) is 5.56 Å². The summed E-state index contributed by atoms with van der Waals surface area (Å²) >= 11 is 5.88. The Bertz CT molecular complexity index is 478. The van der Waals surface area contributed by atoms with Gasteiger partial charge in [0.25, 0.3) is 0 Å². The Morgan fingerprint density at radius 2 is 1.95 bits per heavy atom. The van der Waals surface area contributed by atoms with Crippen LogP contribution in [0.25, 0.3) is 0 Å². The van der Waals surface area contributed by atoms with Crippen LogP contribution in [0, 0.1) is 0 Å². The summed E-state index contributed by atoms with van der Waals surface area (Å²) in [5, 5.41) is 6.01. The molecule has 0 spiro atoms. The molecule has 0 aliphatic carbocycles. The van der Waals surface area contributed by atoms with Gasteiger partial charge in [0.2, 0.25) is 0 Å². The second kappa shape index (κ2) is 9.23. The van der Waals surface area contributed by atoms with Crippen LogP contribution >= 0.6 is 11.6 Å². The summed E-state index contributed by atoms with van der Waals surface area (Å²) in [6.45, 7) is 4.33. The summed E-state index contributed by atoms with van der Waals surface area (Å²) in [6.07, 6.45) is 0.729. The van der Waals surface area contributed by atoms with Crippen LogP contribution in [-0.4, -0.2) is 31.2 Å². The van der Waals surface area contributed by atoms with Gasteiger partial charge in [0.15, 0.2) is 0 Å². The van der Waals surface area contributed by atoms with Gasteiger partial charge in [0.1, 0.15) is 0 Å². The quantitative estimate of drug-likeness (QED) is 0.760. The number of rotatable bonds is 7. The van der Waals surface area contributed by atoms with Gasteiger partial charge in [-0.1, -0.05) is 23.7 Å². The number of urea groups is 1. The summed E-state index contributed by atoms with van der Waals surface area (Å²) in [5.74, 6) is -0.316. The van der Waals surface area contributed by atoms with Crippen molar-refractivity contribution in [2.45, 2.75) is 32.8 Å². The van der Waals surface area contributed by atoms with Gasteiger partial charge in [-0.05, 0) is 38.0 Å². The van der Waals surface area contributed by atoms with Gasteiger partial charge in [-0.2, -0.15) is 0 Å². The molecule has 1 aromatic carbocycles. The van der Waals surface area contributed by atoms with Crippen molar-refractivity contribution < 1.29 is 14.3 Å². The Hall–Kier alpha value is -1.75. The second-order valence-corrected chi connectivity index (χ2v) is 5.29. The Morgan fingerprint density at radius 3 is 2.62 bits per heavy atom. The van der Waals surface area contributed by atoms with E-state index in [1.165, 1.54) is 0 Å². The number of esters is 1. The van der Waals surface area contributed by atoms with Gasteiger partial charge in [-0.25, -0.2) is 4.79 Å².